The molecule has 0 atom stereocenters. The Hall–Kier alpha value is -1.10. The van der Waals surface area contributed by atoms with E-state index >= 15 is 0 Å². The largest absolute Gasteiger partial charge is 0.495 e. The van der Waals surface area contributed by atoms with Gasteiger partial charge in [-0.3, -0.25) is 0 Å². The van der Waals surface area contributed by atoms with Crippen LogP contribution in [-0.4, -0.2) is 18.3 Å². The highest BCUT2D eigenvalue weighted by Gasteiger charge is 2.52. The van der Waals surface area contributed by atoms with Crippen LogP contribution in [0.15, 0.2) is 30.3 Å². The van der Waals surface area contributed by atoms with Gasteiger partial charge in [0.2, 0.25) is 0 Å². The van der Waals surface area contributed by atoms with Gasteiger partial charge in [0.05, 0.1) is 16.2 Å². The van der Waals surface area contributed by atoms with Crippen molar-refractivity contribution in [2.24, 2.45) is 0 Å². The van der Waals surface area contributed by atoms with E-state index in [1.807, 2.05) is 45.9 Å². The molecule has 110 valence electrons. The number of hydrogen-bond donors (Lipinski definition) is 0. The highest BCUT2D eigenvalue weighted by molar-refractivity contribution is 6.66. The molecule has 5 heteroatoms. The fourth-order valence-corrected chi connectivity index (χ4v) is 2.78. The monoisotopic (exact) mass is 306 g/mol. The minimum absolute atomic E-state index is 0.109. The molecule has 0 radical (unpaired) electrons. The summed E-state index contributed by atoms with van der Waals surface area (Å²) in [4.78, 5) is 0. The predicted molar refractivity (Wildman–Crippen MR) is 84.6 cm³/mol. The van der Waals surface area contributed by atoms with Crippen LogP contribution in [0.5, 0.6) is 0 Å². The molecule has 21 heavy (non-hydrogen) atoms. The zero-order valence-electron chi connectivity index (χ0n) is 12.5. The van der Waals surface area contributed by atoms with Crippen molar-refractivity contribution in [3.8, 4) is 0 Å². The van der Waals surface area contributed by atoms with Gasteiger partial charge in [0, 0.05) is 5.39 Å². The van der Waals surface area contributed by atoms with Crippen LogP contribution in [0.3, 0.4) is 0 Å². The van der Waals surface area contributed by atoms with Crippen molar-refractivity contribution in [1.29, 1.82) is 0 Å². The van der Waals surface area contributed by atoms with E-state index in [1.165, 1.54) is 6.07 Å². The lowest BCUT2D eigenvalue weighted by Crippen LogP contribution is -2.41. The van der Waals surface area contributed by atoms with Gasteiger partial charge < -0.3 is 9.31 Å². The van der Waals surface area contributed by atoms with Crippen LogP contribution in [0.4, 0.5) is 4.39 Å². The van der Waals surface area contributed by atoms with Crippen molar-refractivity contribution in [2.75, 3.05) is 0 Å². The Balaban J connectivity index is 2.17. The summed E-state index contributed by atoms with van der Waals surface area (Å²) < 4.78 is 25.9. The van der Waals surface area contributed by atoms with Crippen LogP contribution in [-0.2, 0) is 9.31 Å². The third-order valence-corrected chi connectivity index (χ3v) is 4.84. The first-order valence-corrected chi connectivity index (χ1v) is 7.33. The molecule has 0 bridgehead atoms. The summed E-state index contributed by atoms with van der Waals surface area (Å²) in [5.41, 5.74) is -0.130. The molecule has 0 saturated carbocycles. The van der Waals surface area contributed by atoms with Crippen molar-refractivity contribution >= 4 is 35.0 Å². The molecule has 0 spiro atoms. The summed E-state index contributed by atoms with van der Waals surface area (Å²) in [6.07, 6.45) is 0. The van der Waals surface area contributed by atoms with Gasteiger partial charge in [-0.25, -0.2) is 4.39 Å². The lowest BCUT2D eigenvalue weighted by molar-refractivity contribution is 0.00578. The van der Waals surface area contributed by atoms with Gasteiger partial charge in [0.25, 0.3) is 0 Å². The topological polar surface area (TPSA) is 18.5 Å². The van der Waals surface area contributed by atoms with Gasteiger partial charge in [0.15, 0.2) is 0 Å². The van der Waals surface area contributed by atoms with Crippen LogP contribution >= 0.6 is 11.6 Å². The normalized spacial score (nSPS) is 20.2. The maximum absolute atomic E-state index is 13.8. The van der Waals surface area contributed by atoms with Gasteiger partial charge in [-0.15, -0.1) is 0 Å². The smallest absolute Gasteiger partial charge is 0.399 e. The highest BCUT2D eigenvalue weighted by Crippen LogP contribution is 2.37. The molecule has 2 aromatic carbocycles. The van der Waals surface area contributed by atoms with E-state index in [4.69, 9.17) is 20.9 Å². The molecule has 0 aliphatic carbocycles. The molecule has 0 aromatic heterocycles. The molecule has 0 amide bonds. The van der Waals surface area contributed by atoms with Gasteiger partial charge in [0.1, 0.15) is 5.82 Å². The van der Waals surface area contributed by atoms with E-state index in [0.717, 1.165) is 10.8 Å². The van der Waals surface area contributed by atoms with Gasteiger partial charge in [-0.2, -0.15) is 0 Å². The van der Waals surface area contributed by atoms with E-state index < -0.39 is 24.1 Å². The maximum Gasteiger partial charge on any atom is 0.495 e. The standard InChI is InChI=1S/C16H17BClFO2/c1-15(2)16(3,4)21-17(20-15)11-7-5-6-10-8-9-12(19)14(18)13(10)11/h5-9H,1-4H3. The van der Waals surface area contributed by atoms with Gasteiger partial charge in [-0.1, -0.05) is 35.9 Å². The summed E-state index contributed by atoms with van der Waals surface area (Å²) in [5.74, 6) is -0.437. The Morgan fingerprint density at radius 3 is 2.24 bits per heavy atom. The molecule has 1 fully saturated rings. The molecule has 1 aliphatic heterocycles. The molecule has 0 N–H and O–H groups in total. The predicted octanol–water partition coefficient (Wildman–Crippen LogP) is 3.93. The molecule has 2 aromatic rings. The Kier molecular flexibility index (Phi) is 3.32. The SMILES string of the molecule is CC1(C)OB(c2cccc3ccc(F)c(Cl)c23)OC1(C)C. The number of halogens is 2. The van der Waals surface area contributed by atoms with Crippen molar-refractivity contribution in [1.82, 2.24) is 0 Å². The molecule has 2 nitrogen and oxygen atoms in total. The third kappa shape index (κ3) is 2.26. The maximum atomic E-state index is 13.8. The molecule has 1 saturated heterocycles. The molecule has 1 heterocycles. The minimum atomic E-state index is -0.557. The first kappa shape index (κ1) is 14.8. The van der Waals surface area contributed by atoms with E-state index in [9.17, 15) is 4.39 Å². The fraction of sp³-hybridized carbons (Fsp3) is 0.375. The average molecular weight is 307 g/mol. The van der Waals surface area contributed by atoms with Crippen LogP contribution in [0.2, 0.25) is 5.02 Å². The molecule has 0 unspecified atom stereocenters. The summed E-state index contributed by atoms with van der Waals surface area (Å²) in [7, 11) is -0.557. The van der Waals surface area contributed by atoms with Crippen LogP contribution < -0.4 is 5.46 Å². The van der Waals surface area contributed by atoms with Crippen molar-refractivity contribution in [2.45, 2.75) is 38.9 Å². The average Bonchev–Trinajstić information content (AvgIpc) is 2.62. The van der Waals surface area contributed by atoms with E-state index in [0.29, 0.717) is 5.39 Å². The number of hydrogen-bond acceptors (Lipinski definition) is 2. The zero-order valence-corrected chi connectivity index (χ0v) is 13.3. The fourth-order valence-electron chi connectivity index (χ4n) is 2.50. The van der Waals surface area contributed by atoms with Crippen molar-refractivity contribution in [3.63, 3.8) is 0 Å². The van der Waals surface area contributed by atoms with E-state index in [-0.39, 0.29) is 5.02 Å². The quantitative estimate of drug-likeness (QED) is 0.743. The Bertz CT molecular complexity index is 699. The first-order valence-electron chi connectivity index (χ1n) is 6.95. The molecular weight excluding hydrogens is 289 g/mol. The summed E-state index contributed by atoms with van der Waals surface area (Å²) in [6, 6.07) is 8.76. The Morgan fingerprint density at radius 2 is 1.62 bits per heavy atom. The highest BCUT2D eigenvalue weighted by atomic mass is 35.5. The van der Waals surface area contributed by atoms with Gasteiger partial charge >= 0.3 is 7.12 Å². The Morgan fingerprint density at radius 1 is 1.00 bits per heavy atom. The van der Waals surface area contributed by atoms with Crippen LogP contribution in [0, 0.1) is 5.82 Å². The van der Waals surface area contributed by atoms with Gasteiger partial charge in [-0.05, 0) is 44.6 Å². The number of fused-ring (bicyclic) bond motifs is 1. The second-order valence-corrected chi connectivity index (χ2v) is 6.77. The first-order chi connectivity index (χ1) is 9.73. The zero-order chi connectivity index (χ0) is 15.4. The third-order valence-electron chi connectivity index (χ3n) is 4.47. The number of benzene rings is 2. The molecule has 1 aliphatic rings. The lowest BCUT2D eigenvalue weighted by Gasteiger charge is -2.32. The molecule has 3 rings (SSSR count). The summed E-state index contributed by atoms with van der Waals surface area (Å²) in [6.45, 7) is 7.95. The van der Waals surface area contributed by atoms with Crippen LogP contribution in [0.25, 0.3) is 10.8 Å². The Labute approximate surface area is 129 Å². The summed E-state index contributed by atoms with van der Waals surface area (Å²) in [5, 5.41) is 1.63. The minimum Gasteiger partial charge on any atom is -0.399 e. The van der Waals surface area contributed by atoms with Crippen molar-refractivity contribution in [3.05, 3.63) is 41.2 Å². The van der Waals surface area contributed by atoms with Crippen molar-refractivity contribution < 1.29 is 13.7 Å². The van der Waals surface area contributed by atoms with E-state index in [2.05, 4.69) is 0 Å². The van der Waals surface area contributed by atoms with Crippen LogP contribution in [0.1, 0.15) is 27.7 Å². The number of rotatable bonds is 1. The summed E-state index contributed by atoms with van der Waals surface area (Å²) >= 11 is 6.17. The second kappa shape index (κ2) is 4.70. The second-order valence-electron chi connectivity index (χ2n) is 6.39. The van der Waals surface area contributed by atoms with E-state index in [1.54, 1.807) is 6.07 Å². The lowest BCUT2D eigenvalue weighted by atomic mass is 9.76. The molecular formula is C16H17BClFO2.